The molecule has 5 rings (SSSR count). The average Bonchev–Trinajstić information content (AvgIpc) is 3.42. The Balaban J connectivity index is 1.19. The molecule has 0 bridgehead atoms. The number of rotatable bonds is 3. The summed E-state index contributed by atoms with van der Waals surface area (Å²) in [6.45, 7) is 2.62. The number of aromatic nitrogens is 3. The van der Waals surface area contributed by atoms with Crippen molar-refractivity contribution in [2.45, 2.75) is 13.0 Å². The summed E-state index contributed by atoms with van der Waals surface area (Å²) >= 11 is 12.0. The summed E-state index contributed by atoms with van der Waals surface area (Å²) in [4.78, 5) is 29.2. The monoisotopic (exact) mass is 473 g/mol. The van der Waals surface area contributed by atoms with Crippen molar-refractivity contribution in [3.63, 3.8) is 0 Å². The molecule has 2 aliphatic heterocycles. The number of carbonyl (C=O) groups is 2. The molecule has 0 aliphatic carbocycles. The van der Waals surface area contributed by atoms with Crippen molar-refractivity contribution < 1.29 is 14.3 Å². The molecule has 3 heterocycles. The highest BCUT2D eigenvalue weighted by Crippen LogP contribution is 2.32. The van der Waals surface area contributed by atoms with Gasteiger partial charge < -0.3 is 14.5 Å². The Morgan fingerprint density at radius 1 is 0.969 bits per heavy atom. The van der Waals surface area contributed by atoms with Gasteiger partial charge in [0.2, 0.25) is 0 Å². The second-order valence-corrected chi connectivity index (χ2v) is 9.20. The highest BCUT2D eigenvalue weighted by molar-refractivity contribution is 6.34. The number of ether oxygens (including phenoxy) is 1. The van der Waals surface area contributed by atoms with Gasteiger partial charge in [-0.05, 0) is 60.2 Å². The van der Waals surface area contributed by atoms with E-state index in [1.165, 1.54) is 0 Å². The van der Waals surface area contributed by atoms with Crippen molar-refractivity contribution in [1.29, 1.82) is 0 Å². The molecule has 2 aliphatic rings. The number of fused-ring (bicyclic) bond motifs is 2. The third kappa shape index (κ3) is 4.25. The zero-order chi connectivity index (χ0) is 22.2. The van der Waals surface area contributed by atoms with Crippen LogP contribution in [0.3, 0.4) is 0 Å². The van der Waals surface area contributed by atoms with Gasteiger partial charge in [-0.25, -0.2) is 4.79 Å². The van der Waals surface area contributed by atoms with E-state index < -0.39 is 0 Å². The smallest absolute Gasteiger partial charge is 0.410 e. The SMILES string of the molecule is O=C(OCc1cc(Cl)cc(Cl)c1)N1CC[C@@H]2CN(C(=O)c3ccc4n[nH]nc4c3)C[C@H]2C1. The fourth-order valence-corrected chi connectivity index (χ4v) is 5.16. The van der Waals surface area contributed by atoms with Crippen molar-refractivity contribution in [3.8, 4) is 0 Å². The number of piperidine rings is 1. The lowest BCUT2D eigenvalue weighted by Gasteiger charge is -2.33. The predicted molar refractivity (Wildman–Crippen MR) is 120 cm³/mol. The van der Waals surface area contributed by atoms with Crippen LogP contribution in [0.4, 0.5) is 4.79 Å². The van der Waals surface area contributed by atoms with Crippen LogP contribution in [0.25, 0.3) is 11.0 Å². The minimum absolute atomic E-state index is 0.0174. The first kappa shape index (κ1) is 21.0. The van der Waals surface area contributed by atoms with E-state index >= 15 is 0 Å². The highest BCUT2D eigenvalue weighted by Gasteiger charge is 2.40. The Morgan fingerprint density at radius 3 is 2.50 bits per heavy atom. The Morgan fingerprint density at radius 2 is 1.69 bits per heavy atom. The topological polar surface area (TPSA) is 91.4 Å². The van der Waals surface area contributed by atoms with Gasteiger partial charge >= 0.3 is 6.09 Å². The van der Waals surface area contributed by atoms with E-state index in [1.807, 2.05) is 4.90 Å². The summed E-state index contributed by atoms with van der Waals surface area (Å²) in [5.41, 5.74) is 2.74. The molecule has 2 atom stereocenters. The van der Waals surface area contributed by atoms with E-state index in [2.05, 4.69) is 15.4 Å². The van der Waals surface area contributed by atoms with Crippen LogP contribution in [0.5, 0.6) is 0 Å². The number of nitrogens with one attached hydrogen (secondary N) is 1. The first-order valence-corrected chi connectivity index (χ1v) is 11.2. The molecule has 3 aromatic rings. The average molecular weight is 474 g/mol. The van der Waals surface area contributed by atoms with Gasteiger partial charge in [-0.2, -0.15) is 15.4 Å². The lowest BCUT2D eigenvalue weighted by Crippen LogP contribution is -2.43. The number of carbonyl (C=O) groups excluding carboxylic acids is 2. The minimum atomic E-state index is -0.360. The van der Waals surface area contributed by atoms with Crippen molar-refractivity contribution in [3.05, 3.63) is 57.6 Å². The predicted octanol–water partition coefficient (Wildman–Crippen LogP) is 4.00. The molecule has 2 amide bonds. The molecular weight excluding hydrogens is 453 g/mol. The van der Waals surface area contributed by atoms with E-state index in [0.29, 0.717) is 53.2 Å². The third-order valence-electron chi connectivity index (χ3n) is 6.19. The molecule has 10 heteroatoms. The third-order valence-corrected chi connectivity index (χ3v) is 6.63. The molecule has 0 spiro atoms. The lowest BCUT2D eigenvalue weighted by atomic mass is 9.89. The van der Waals surface area contributed by atoms with Crippen LogP contribution < -0.4 is 0 Å². The zero-order valence-corrected chi connectivity index (χ0v) is 18.6. The Bertz CT molecular complexity index is 1160. The van der Waals surface area contributed by atoms with Crippen LogP contribution >= 0.6 is 23.2 Å². The second-order valence-electron chi connectivity index (χ2n) is 8.32. The number of amides is 2. The van der Waals surface area contributed by atoms with Crippen LogP contribution in [0.1, 0.15) is 22.3 Å². The number of hydrogen-bond donors (Lipinski definition) is 1. The van der Waals surface area contributed by atoms with Crippen LogP contribution in [-0.2, 0) is 11.3 Å². The van der Waals surface area contributed by atoms with E-state index in [9.17, 15) is 9.59 Å². The molecule has 2 saturated heterocycles. The highest BCUT2D eigenvalue weighted by atomic mass is 35.5. The molecular formula is C22H21Cl2N5O3. The van der Waals surface area contributed by atoms with E-state index in [1.54, 1.807) is 41.3 Å². The molecule has 32 heavy (non-hydrogen) atoms. The van der Waals surface area contributed by atoms with E-state index in [0.717, 1.165) is 17.5 Å². The van der Waals surface area contributed by atoms with Crippen LogP contribution in [0.2, 0.25) is 10.0 Å². The Labute approximate surface area is 194 Å². The van der Waals surface area contributed by atoms with Crippen molar-refractivity contribution in [2.24, 2.45) is 11.8 Å². The van der Waals surface area contributed by atoms with Gasteiger partial charge in [0, 0.05) is 41.8 Å². The molecule has 1 N–H and O–H groups in total. The van der Waals surface area contributed by atoms with Crippen LogP contribution in [0.15, 0.2) is 36.4 Å². The van der Waals surface area contributed by atoms with Crippen molar-refractivity contribution >= 4 is 46.2 Å². The summed E-state index contributed by atoms with van der Waals surface area (Å²) in [6, 6.07) is 10.4. The Kier molecular flexibility index (Phi) is 5.65. The van der Waals surface area contributed by atoms with Gasteiger partial charge in [0.15, 0.2) is 0 Å². The summed E-state index contributed by atoms with van der Waals surface area (Å²) < 4.78 is 5.48. The molecule has 0 saturated carbocycles. The number of nitrogens with zero attached hydrogens (tertiary/aromatic N) is 4. The maximum Gasteiger partial charge on any atom is 0.410 e. The number of likely N-dealkylation sites (tertiary alicyclic amines) is 2. The van der Waals surface area contributed by atoms with Crippen LogP contribution in [-0.4, -0.2) is 63.4 Å². The first-order chi connectivity index (χ1) is 15.5. The number of aromatic amines is 1. The van der Waals surface area contributed by atoms with Gasteiger partial charge in [0.25, 0.3) is 5.91 Å². The Hall–Kier alpha value is -2.84. The quantitative estimate of drug-likeness (QED) is 0.620. The molecule has 166 valence electrons. The standard InChI is InChI=1S/C22H21Cl2N5O3/c23-17-5-13(6-18(24)8-17)12-32-22(31)28-4-3-15-9-29(11-16(15)10-28)21(30)14-1-2-19-20(7-14)26-27-25-19/h1-2,5-8,15-16H,3-4,9-12H2,(H,25,26,27)/t15-,16-/m1/s1. The number of benzene rings is 2. The van der Waals surface area contributed by atoms with E-state index in [4.69, 9.17) is 27.9 Å². The lowest BCUT2D eigenvalue weighted by molar-refractivity contribution is 0.0729. The van der Waals surface area contributed by atoms with Crippen LogP contribution in [0, 0.1) is 11.8 Å². The molecule has 2 aromatic carbocycles. The number of hydrogen-bond acceptors (Lipinski definition) is 5. The maximum absolute atomic E-state index is 13.0. The van der Waals surface area contributed by atoms with E-state index in [-0.39, 0.29) is 24.5 Å². The number of halogens is 2. The molecule has 2 fully saturated rings. The van der Waals surface area contributed by atoms with Gasteiger partial charge in [0.1, 0.15) is 17.6 Å². The van der Waals surface area contributed by atoms with Crippen molar-refractivity contribution in [2.75, 3.05) is 26.2 Å². The fourth-order valence-electron chi connectivity index (χ4n) is 4.59. The summed E-state index contributed by atoms with van der Waals surface area (Å²) in [6.07, 6.45) is 0.482. The summed E-state index contributed by atoms with van der Waals surface area (Å²) in [5, 5.41) is 11.7. The maximum atomic E-state index is 13.0. The molecule has 8 nitrogen and oxygen atoms in total. The summed E-state index contributed by atoms with van der Waals surface area (Å²) in [7, 11) is 0. The molecule has 0 unspecified atom stereocenters. The normalized spacial score (nSPS) is 20.4. The van der Waals surface area contributed by atoms with Gasteiger partial charge in [-0.1, -0.05) is 23.2 Å². The van der Waals surface area contributed by atoms with Gasteiger partial charge in [-0.15, -0.1) is 0 Å². The van der Waals surface area contributed by atoms with Gasteiger partial charge in [0.05, 0.1) is 0 Å². The molecule has 1 aromatic heterocycles. The first-order valence-electron chi connectivity index (χ1n) is 10.4. The largest absolute Gasteiger partial charge is 0.445 e. The minimum Gasteiger partial charge on any atom is -0.445 e. The number of H-pyrrole nitrogens is 1. The van der Waals surface area contributed by atoms with Crippen molar-refractivity contribution in [1.82, 2.24) is 25.2 Å². The summed E-state index contributed by atoms with van der Waals surface area (Å²) in [5.74, 6) is 0.596. The molecule has 0 radical (unpaired) electrons. The zero-order valence-electron chi connectivity index (χ0n) is 17.1. The second kappa shape index (κ2) is 8.60. The van der Waals surface area contributed by atoms with Gasteiger partial charge in [-0.3, -0.25) is 4.79 Å². The fraction of sp³-hybridized carbons (Fsp3) is 0.364.